The van der Waals surface area contributed by atoms with E-state index in [0.717, 1.165) is 23.3 Å². The lowest BCUT2D eigenvalue weighted by Crippen LogP contribution is -2.54. The lowest BCUT2D eigenvalue weighted by molar-refractivity contribution is -0.136. The first-order valence-corrected chi connectivity index (χ1v) is 11.4. The Bertz CT molecular complexity index is 817. The molecule has 3 rings (SSSR count). The van der Waals surface area contributed by atoms with Crippen LogP contribution in [0.3, 0.4) is 0 Å². The Balaban J connectivity index is 1.50. The lowest BCUT2D eigenvalue weighted by atomic mass is 10.0. The predicted molar refractivity (Wildman–Crippen MR) is 114 cm³/mol. The number of carbonyl (C=O) groups is 4. The summed E-state index contributed by atoms with van der Waals surface area (Å²) in [5.41, 5.74) is 1.77. The zero-order valence-corrected chi connectivity index (χ0v) is 17.9. The molecule has 0 aromatic heterocycles. The maximum absolute atomic E-state index is 12.8. The monoisotopic (exact) mass is 412 g/mol. The molecule has 0 radical (unpaired) electrons. The van der Waals surface area contributed by atoms with Gasteiger partial charge in [0.1, 0.15) is 6.04 Å². The second kappa shape index (κ2) is 10.5. The SMILES string of the molecule is CCCCCCCCCCCc1ccc2c(c1)C(=O)N(C1CCC(=O)NC1=O)C2=O. The quantitative estimate of drug-likeness (QED) is 0.437. The van der Waals surface area contributed by atoms with E-state index in [4.69, 9.17) is 0 Å². The number of amides is 4. The third kappa shape index (κ3) is 5.15. The summed E-state index contributed by atoms with van der Waals surface area (Å²) in [5.74, 6) is -1.82. The van der Waals surface area contributed by atoms with Crippen molar-refractivity contribution in [3.8, 4) is 0 Å². The summed E-state index contributed by atoms with van der Waals surface area (Å²) < 4.78 is 0. The van der Waals surface area contributed by atoms with Gasteiger partial charge in [-0.25, -0.2) is 0 Å². The van der Waals surface area contributed by atoms with Gasteiger partial charge in [0.15, 0.2) is 0 Å². The Hall–Kier alpha value is -2.50. The van der Waals surface area contributed by atoms with Crippen LogP contribution in [-0.4, -0.2) is 34.6 Å². The highest BCUT2D eigenvalue weighted by Crippen LogP contribution is 2.28. The number of hydrogen-bond acceptors (Lipinski definition) is 4. The molecular formula is C24H32N2O4. The van der Waals surface area contributed by atoms with Gasteiger partial charge in [0.2, 0.25) is 11.8 Å². The molecule has 6 nitrogen and oxygen atoms in total. The number of unbranched alkanes of at least 4 members (excludes halogenated alkanes) is 8. The lowest BCUT2D eigenvalue weighted by Gasteiger charge is -2.27. The van der Waals surface area contributed by atoms with E-state index in [1.807, 2.05) is 6.07 Å². The van der Waals surface area contributed by atoms with Gasteiger partial charge in [-0.3, -0.25) is 29.4 Å². The maximum Gasteiger partial charge on any atom is 0.262 e. The summed E-state index contributed by atoms with van der Waals surface area (Å²) in [6.45, 7) is 2.23. The third-order valence-corrected chi connectivity index (χ3v) is 6.07. The molecule has 0 bridgehead atoms. The largest absolute Gasteiger partial charge is 0.295 e. The van der Waals surface area contributed by atoms with Crippen molar-refractivity contribution in [3.05, 3.63) is 34.9 Å². The van der Waals surface area contributed by atoms with E-state index in [1.165, 1.54) is 51.4 Å². The number of piperidine rings is 1. The van der Waals surface area contributed by atoms with Crippen LogP contribution in [0, 0.1) is 0 Å². The van der Waals surface area contributed by atoms with Crippen molar-refractivity contribution in [3.63, 3.8) is 0 Å². The number of aryl methyl sites for hydroxylation is 1. The summed E-state index contributed by atoms with van der Waals surface area (Å²) in [7, 11) is 0. The number of fused-ring (bicyclic) bond motifs is 1. The van der Waals surface area contributed by atoms with Gasteiger partial charge in [-0.1, -0.05) is 64.4 Å². The standard InChI is InChI=1S/C24H32N2O4/c1-2-3-4-5-6-7-8-9-10-11-17-12-13-18-19(16-17)24(30)26(23(18)29)20-14-15-21(27)25-22(20)28/h12-13,16,20H,2-11,14-15H2,1H3,(H,25,27,28). The molecule has 6 heteroatoms. The van der Waals surface area contributed by atoms with Crippen LogP contribution in [-0.2, 0) is 16.0 Å². The van der Waals surface area contributed by atoms with Gasteiger partial charge in [0, 0.05) is 6.42 Å². The first-order valence-electron chi connectivity index (χ1n) is 11.4. The minimum absolute atomic E-state index is 0.133. The highest BCUT2D eigenvalue weighted by atomic mass is 16.2. The van der Waals surface area contributed by atoms with Crippen LogP contribution in [0.1, 0.15) is 104 Å². The molecule has 1 atom stereocenters. The van der Waals surface area contributed by atoms with Gasteiger partial charge in [0.05, 0.1) is 11.1 Å². The van der Waals surface area contributed by atoms with Gasteiger partial charge < -0.3 is 0 Å². The first-order chi connectivity index (χ1) is 14.5. The zero-order valence-electron chi connectivity index (χ0n) is 17.9. The van der Waals surface area contributed by atoms with E-state index in [2.05, 4.69) is 12.2 Å². The summed E-state index contributed by atoms with van der Waals surface area (Å²) >= 11 is 0. The Morgan fingerprint density at radius 1 is 0.867 bits per heavy atom. The van der Waals surface area contributed by atoms with Crippen LogP contribution >= 0.6 is 0 Å². The molecule has 4 amide bonds. The van der Waals surface area contributed by atoms with E-state index in [9.17, 15) is 19.2 Å². The fourth-order valence-electron chi connectivity index (χ4n) is 4.31. The smallest absolute Gasteiger partial charge is 0.262 e. The van der Waals surface area contributed by atoms with Crippen LogP contribution in [0.15, 0.2) is 18.2 Å². The minimum atomic E-state index is -0.907. The molecular weight excluding hydrogens is 380 g/mol. The summed E-state index contributed by atoms with van der Waals surface area (Å²) in [6.07, 6.45) is 12.5. The van der Waals surface area contributed by atoms with Crippen molar-refractivity contribution in [1.29, 1.82) is 0 Å². The van der Waals surface area contributed by atoms with E-state index in [-0.39, 0.29) is 18.7 Å². The molecule has 1 unspecified atom stereocenters. The highest BCUT2D eigenvalue weighted by Gasteiger charge is 2.44. The van der Waals surface area contributed by atoms with Crippen LogP contribution in [0.5, 0.6) is 0 Å². The molecule has 0 aliphatic carbocycles. The van der Waals surface area contributed by atoms with Gasteiger partial charge in [-0.05, 0) is 37.0 Å². The summed E-state index contributed by atoms with van der Waals surface area (Å²) in [4.78, 5) is 50.1. The predicted octanol–water partition coefficient (Wildman–Crippen LogP) is 4.16. The molecule has 1 fully saturated rings. The number of imide groups is 2. The van der Waals surface area contributed by atoms with Crippen molar-refractivity contribution >= 4 is 23.6 Å². The Labute approximate surface area is 178 Å². The van der Waals surface area contributed by atoms with Gasteiger partial charge >= 0.3 is 0 Å². The van der Waals surface area contributed by atoms with Crippen molar-refractivity contribution < 1.29 is 19.2 Å². The second-order valence-corrected chi connectivity index (χ2v) is 8.41. The molecule has 1 saturated heterocycles. The fraction of sp³-hybridized carbons (Fsp3) is 0.583. The minimum Gasteiger partial charge on any atom is -0.295 e. The van der Waals surface area contributed by atoms with E-state index in [1.54, 1.807) is 12.1 Å². The molecule has 1 aromatic rings. The van der Waals surface area contributed by atoms with Crippen LogP contribution in [0.2, 0.25) is 0 Å². The number of benzene rings is 1. The van der Waals surface area contributed by atoms with Gasteiger partial charge in [-0.2, -0.15) is 0 Å². The summed E-state index contributed by atoms with van der Waals surface area (Å²) in [5, 5.41) is 2.22. The Morgan fingerprint density at radius 3 is 2.17 bits per heavy atom. The van der Waals surface area contributed by atoms with Crippen LogP contribution in [0.4, 0.5) is 0 Å². The Kier molecular flexibility index (Phi) is 7.77. The maximum atomic E-state index is 12.8. The van der Waals surface area contributed by atoms with Crippen LogP contribution < -0.4 is 5.32 Å². The van der Waals surface area contributed by atoms with E-state index < -0.39 is 23.8 Å². The number of carbonyl (C=O) groups excluding carboxylic acids is 4. The van der Waals surface area contributed by atoms with Gasteiger partial charge in [0.25, 0.3) is 11.8 Å². The molecule has 2 heterocycles. The Morgan fingerprint density at radius 2 is 1.50 bits per heavy atom. The molecule has 162 valence electrons. The van der Waals surface area contributed by atoms with Gasteiger partial charge in [-0.15, -0.1) is 0 Å². The molecule has 0 saturated carbocycles. The van der Waals surface area contributed by atoms with Crippen molar-refractivity contribution in [2.24, 2.45) is 0 Å². The number of nitrogens with zero attached hydrogens (tertiary/aromatic N) is 1. The molecule has 0 spiro atoms. The highest BCUT2D eigenvalue weighted by molar-refractivity contribution is 6.23. The van der Waals surface area contributed by atoms with Crippen molar-refractivity contribution in [2.75, 3.05) is 0 Å². The first kappa shape index (κ1) is 22.2. The molecule has 1 N–H and O–H groups in total. The molecule has 2 aliphatic rings. The van der Waals surface area contributed by atoms with Crippen molar-refractivity contribution in [2.45, 2.75) is 90.0 Å². The second-order valence-electron chi connectivity index (χ2n) is 8.41. The van der Waals surface area contributed by atoms with Crippen LogP contribution in [0.25, 0.3) is 0 Å². The summed E-state index contributed by atoms with van der Waals surface area (Å²) in [6, 6.07) is 4.50. The number of nitrogens with one attached hydrogen (secondary N) is 1. The number of rotatable bonds is 11. The average Bonchev–Trinajstić information content (AvgIpc) is 2.97. The molecule has 1 aromatic carbocycles. The average molecular weight is 413 g/mol. The number of hydrogen-bond donors (Lipinski definition) is 1. The molecule has 30 heavy (non-hydrogen) atoms. The third-order valence-electron chi connectivity index (χ3n) is 6.07. The molecule has 2 aliphatic heterocycles. The topological polar surface area (TPSA) is 83.6 Å². The zero-order chi connectivity index (χ0) is 21.5. The van der Waals surface area contributed by atoms with Crippen molar-refractivity contribution in [1.82, 2.24) is 10.2 Å². The van der Waals surface area contributed by atoms with E-state index in [0.29, 0.717) is 11.1 Å². The normalized spacial score (nSPS) is 18.7. The fourth-order valence-corrected chi connectivity index (χ4v) is 4.31. The van der Waals surface area contributed by atoms with E-state index >= 15 is 0 Å².